The Morgan fingerprint density at radius 1 is 1.75 bits per heavy atom. The Hall–Kier alpha value is -1.05. The zero-order valence-electron chi connectivity index (χ0n) is 4.76. The minimum Gasteiger partial charge on any atom is -0.367 e. The van der Waals surface area contributed by atoms with Gasteiger partial charge in [-0.15, -0.1) is 0 Å². The van der Waals surface area contributed by atoms with Gasteiger partial charge >= 0.3 is 0 Å². The van der Waals surface area contributed by atoms with Crippen molar-refractivity contribution in [2.24, 2.45) is 4.99 Å². The molecular weight excluding hydrogens is 100 g/mol. The van der Waals surface area contributed by atoms with Crippen molar-refractivity contribution in [2.45, 2.75) is 0 Å². The maximum atomic E-state index is 3.83. The van der Waals surface area contributed by atoms with Crippen molar-refractivity contribution in [3.63, 3.8) is 0 Å². The first-order valence-corrected chi connectivity index (χ1v) is 2.48. The Labute approximate surface area is 48.3 Å². The first kappa shape index (κ1) is 5.09. The third-order valence-corrected chi connectivity index (χ3v) is 0.900. The first-order chi connectivity index (χ1) is 3.93. The van der Waals surface area contributed by atoms with Crippen LogP contribution in [-0.2, 0) is 0 Å². The Bertz CT molecular complexity index is 163. The van der Waals surface area contributed by atoms with Gasteiger partial charge in [0.2, 0.25) is 0 Å². The summed E-state index contributed by atoms with van der Waals surface area (Å²) >= 11 is 0. The van der Waals surface area contributed by atoms with Gasteiger partial charge in [-0.2, -0.15) is 0 Å². The third-order valence-electron chi connectivity index (χ3n) is 0.900. The highest BCUT2D eigenvalue weighted by atomic mass is 14.7. The first-order valence-electron chi connectivity index (χ1n) is 2.48. The summed E-state index contributed by atoms with van der Waals surface area (Å²) in [6, 6.07) is 1.97. The van der Waals surface area contributed by atoms with E-state index in [-0.39, 0.29) is 0 Å². The lowest BCUT2D eigenvalue weighted by atomic mass is 10.4. The van der Waals surface area contributed by atoms with E-state index in [4.69, 9.17) is 0 Å². The predicted molar refractivity (Wildman–Crippen MR) is 34.3 cm³/mol. The van der Waals surface area contributed by atoms with E-state index in [0.29, 0.717) is 0 Å². The van der Waals surface area contributed by atoms with E-state index in [1.165, 1.54) is 0 Å². The van der Waals surface area contributed by atoms with Crippen LogP contribution in [0.2, 0.25) is 0 Å². The lowest BCUT2D eigenvalue weighted by Crippen LogP contribution is -1.70. The fourth-order valence-corrected chi connectivity index (χ4v) is 0.566. The molecule has 0 unspecified atom stereocenters. The Kier molecular flexibility index (Phi) is 1.47. The van der Waals surface area contributed by atoms with Gasteiger partial charge in [0.25, 0.3) is 0 Å². The molecule has 1 heterocycles. The van der Waals surface area contributed by atoms with Crippen LogP contribution >= 0.6 is 0 Å². The second kappa shape index (κ2) is 2.31. The van der Waals surface area contributed by atoms with Gasteiger partial charge in [0, 0.05) is 31.2 Å². The number of hydrogen-bond donors (Lipinski definition) is 1. The largest absolute Gasteiger partial charge is 0.367 e. The van der Waals surface area contributed by atoms with E-state index in [9.17, 15) is 0 Å². The lowest BCUT2D eigenvalue weighted by molar-refractivity contribution is 1.41. The molecule has 0 aliphatic heterocycles. The normalized spacial score (nSPS) is 10.6. The number of nitrogens with one attached hydrogen (secondary N) is 1. The molecule has 0 saturated carbocycles. The number of rotatable bonds is 1. The van der Waals surface area contributed by atoms with Gasteiger partial charge in [0.1, 0.15) is 0 Å². The van der Waals surface area contributed by atoms with Crippen LogP contribution < -0.4 is 0 Å². The summed E-state index contributed by atoms with van der Waals surface area (Å²) in [7, 11) is 1.76. The summed E-state index contributed by atoms with van der Waals surface area (Å²) in [6.07, 6.45) is 5.57. The van der Waals surface area contributed by atoms with Gasteiger partial charge in [-0.05, 0) is 6.07 Å². The maximum absolute atomic E-state index is 3.83. The highest BCUT2D eigenvalue weighted by molar-refractivity contribution is 5.78. The lowest BCUT2D eigenvalue weighted by Gasteiger charge is -1.74. The summed E-state index contributed by atoms with van der Waals surface area (Å²) in [5.74, 6) is 0. The molecule has 0 radical (unpaired) electrons. The minimum absolute atomic E-state index is 1.12. The summed E-state index contributed by atoms with van der Waals surface area (Å²) < 4.78 is 0. The predicted octanol–water partition coefficient (Wildman–Crippen LogP) is 1.06. The second-order valence-electron chi connectivity index (χ2n) is 1.53. The molecule has 0 spiro atoms. The van der Waals surface area contributed by atoms with Crippen LogP contribution in [-0.4, -0.2) is 18.2 Å². The van der Waals surface area contributed by atoms with Crippen LogP contribution in [0.5, 0.6) is 0 Å². The standard InChI is InChI=1S/C6H8N2/c1-7-4-6-2-3-8-5-6/h2-5,8H,1H3. The van der Waals surface area contributed by atoms with Crippen LogP contribution in [0.3, 0.4) is 0 Å². The number of H-pyrrole nitrogens is 1. The fraction of sp³-hybridized carbons (Fsp3) is 0.167. The Morgan fingerprint density at radius 3 is 3.12 bits per heavy atom. The molecule has 1 rings (SSSR count). The van der Waals surface area contributed by atoms with Crippen molar-refractivity contribution in [1.29, 1.82) is 0 Å². The molecule has 0 atom stereocenters. The van der Waals surface area contributed by atoms with Crippen molar-refractivity contribution >= 4 is 6.21 Å². The summed E-state index contributed by atoms with van der Waals surface area (Å²) in [4.78, 5) is 6.76. The molecule has 1 aromatic rings. The minimum atomic E-state index is 1.12. The number of hydrogen-bond acceptors (Lipinski definition) is 1. The molecule has 2 nitrogen and oxygen atoms in total. The van der Waals surface area contributed by atoms with E-state index in [2.05, 4.69) is 9.98 Å². The van der Waals surface area contributed by atoms with Gasteiger partial charge in [0.05, 0.1) is 0 Å². The molecule has 8 heavy (non-hydrogen) atoms. The molecular formula is C6H8N2. The molecule has 0 fully saturated rings. The number of nitrogens with zero attached hydrogens (tertiary/aromatic N) is 1. The van der Waals surface area contributed by atoms with Gasteiger partial charge < -0.3 is 4.98 Å². The molecule has 0 saturated heterocycles. The average Bonchev–Trinajstić information content (AvgIpc) is 2.19. The van der Waals surface area contributed by atoms with Crippen molar-refractivity contribution < 1.29 is 0 Å². The molecule has 0 aromatic carbocycles. The molecule has 0 aliphatic rings. The SMILES string of the molecule is CN=Cc1cc[nH]c1. The van der Waals surface area contributed by atoms with Crippen LogP contribution in [0, 0.1) is 0 Å². The molecule has 42 valence electrons. The van der Waals surface area contributed by atoms with E-state index < -0.39 is 0 Å². The number of aromatic nitrogens is 1. The quantitative estimate of drug-likeness (QED) is 0.521. The summed E-state index contributed by atoms with van der Waals surface area (Å²) in [6.45, 7) is 0. The molecule has 1 aromatic heterocycles. The highest BCUT2D eigenvalue weighted by Gasteiger charge is 1.80. The summed E-state index contributed by atoms with van der Waals surface area (Å²) in [5, 5.41) is 0. The molecule has 0 aliphatic carbocycles. The van der Waals surface area contributed by atoms with Crippen molar-refractivity contribution in [1.82, 2.24) is 4.98 Å². The van der Waals surface area contributed by atoms with Crippen molar-refractivity contribution in [3.05, 3.63) is 24.0 Å². The van der Waals surface area contributed by atoms with E-state index in [0.717, 1.165) is 5.56 Å². The van der Waals surface area contributed by atoms with Gasteiger partial charge in [-0.25, -0.2) is 0 Å². The van der Waals surface area contributed by atoms with E-state index in [1.54, 1.807) is 13.3 Å². The number of aromatic amines is 1. The monoisotopic (exact) mass is 108 g/mol. The van der Waals surface area contributed by atoms with Crippen molar-refractivity contribution in [3.8, 4) is 0 Å². The van der Waals surface area contributed by atoms with Gasteiger partial charge in [-0.1, -0.05) is 0 Å². The third kappa shape index (κ3) is 0.964. The Morgan fingerprint density at radius 2 is 2.62 bits per heavy atom. The zero-order valence-corrected chi connectivity index (χ0v) is 4.76. The fourth-order valence-electron chi connectivity index (χ4n) is 0.566. The van der Waals surface area contributed by atoms with Crippen LogP contribution in [0.25, 0.3) is 0 Å². The van der Waals surface area contributed by atoms with Crippen molar-refractivity contribution in [2.75, 3.05) is 7.05 Å². The average molecular weight is 108 g/mol. The van der Waals surface area contributed by atoms with Crippen LogP contribution in [0.1, 0.15) is 5.56 Å². The number of aliphatic imine (C=N–C) groups is 1. The van der Waals surface area contributed by atoms with Crippen LogP contribution in [0.4, 0.5) is 0 Å². The molecule has 2 heteroatoms. The topological polar surface area (TPSA) is 28.1 Å². The van der Waals surface area contributed by atoms with Crippen LogP contribution in [0.15, 0.2) is 23.5 Å². The maximum Gasteiger partial charge on any atom is 0.0296 e. The van der Waals surface area contributed by atoms with E-state index in [1.807, 2.05) is 18.5 Å². The highest BCUT2D eigenvalue weighted by Crippen LogP contribution is 1.89. The second-order valence-corrected chi connectivity index (χ2v) is 1.53. The molecule has 0 amide bonds. The van der Waals surface area contributed by atoms with E-state index >= 15 is 0 Å². The van der Waals surface area contributed by atoms with Gasteiger partial charge in [0.15, 0.2) is 0 Å². The summed E-state index contributed by atoms with van der Waals surface area (Å²) in [5.41, 5.74) is 1.12. The molecule has 0 bridgehead atoms. The smallest absolute Gasteiger partial charge is 0.0296 e. The van der Waals surface area contributed by atoms with Gasteiger partial charge in [-0.3, -0.25) is 4.99 Å². The Balaban J connectivity index is 2.77. The zero-order chi connectivity index (χ0) is 5.82. The molecule has 1 N–H and O–H groups in total.